The second kappa shape index (κ2) is 4.73. The Morgan fingerprint density at radius 3 is 2.65 bits per heavy atom. The van der Waals surface area contributed by atoms with E-state index in [1.54, 1.807) is 0 Å². The predicted molar refractivity (Wildman–Crippen MR) is 57.1 cm³/mol. The van der Waals surface area contributed by atoms with Crippen molar-refractivity contribution in [2.45, 2.75) is 18.8 Å². The first-order valence-electron chi connectivity index (χ1n) is 4.54. The first-order valence-corrected chi connectivity index (χ1v) is 4.54. The maximum atomic E-state index is 12.7. The summed E-state index contributed by atoms with van der Waals surface area (Å²) in [6.07, 6.45) is -3.52. The quantitative estimate of drug-likeness (QED) is 0.888. The first-order chi connectivity index (χ1) is 7.52. The van der Waals surface area contributed by atoms with Crippen LogP contribution in [-0.2, 0) is 0 Å². The van der Waals surface area contributed by atoms with Gasteiger partial charge >= 0.3 is 6.29 Å². The molecule has 2 rings (SSSR count). The Morgan fingerprint density at radius 1 is 1.35 bits per heavy atom. The summed E-state index contributed by atoms with van der Waals surface area (Å²) < 4.78 is 33.9. The molecule has 0 bridgehead atoms. The molecule has 0 amide bonds. The standard InChI is InChI=1S/C10H8F2N2O2.ClH/c11-10(12)15-8-2-1-6(5-9(8)16-10)7(14)3-4-13;/h1-2,5,7H,3,14H2;1H/t7-;/m0./s1. The van der Waals surface area contributed by atoms with E-state index in [1.807, 2.05) is 6.07 Å². The highest BCUT2D eigenvalue weighted by molar-refractivity contribution is 5.85. The van der Waals surface area contributed by atoms with Crippen molar-refractivity contribution in [1.82, 2.24) is 0 Å². The van der Waals surface area contributed by atoms with Crippen molar-refractivity contribution in [3.05, 3.63) is 23.8 Å². The van der Waals surface area contributed by atoms with Crippen LogP contribution in [0.4, 0.5) is 8.78 Å². The van der Waals surface area contributed by atoms with Gasteiger partial charge < -0.3 is 15.2 Å². The summed E-state index contributed by atoms with van der Waals surface area (Å²) in [5, 5.41) is 8.47. The molecule has 7 heteroatoms. The van der Waals surface area contributed by atoms with E-state index in [1.165, 1.54) is 18.2 Å². The average molecular weight is 263 g/mol. The van der Waals surface area contributed by atoms with E-state index >= 15 is 0 Å². The molecule has 4 nitrogen and oxygen atoms in total. The fourth-order valence-electron chi connectivity index (χ4n) is 1.41. The zero-order valence-corrected chi connectivity index (χ0v) is 9.34. The van der Waals surface area contributed by atoms with Crippen LogP contribution in [0.15, 0.2) is 18.2 Å². The number of rotatable bonds is 2. The van der Waals surface area contributed by atoms with Gasteiger partial charge in [-0.2, -0.15) is 5.26 Å². The van der Waals surface area contributed by atoms with Crippen LogP contribution in [0.5, 0.6) is 11.5 Å². The molecule has 0 aliphatic carbocycles. The molecule has 0 saturated heterocycles. The van der Waals surface area contributed by atoms with Crippen molar-refractivity contribution in [2.75, 3.05) is 0 Å². The Kier molecular flexibility index (Phi) is 3.76. The average Bonchev–Trinajstić information content (AvgIpc) is 2.50. The van der Waals surface area contributed by atoms with E-state index in [0.717, 1.165) is 0 Å². The highest BCUT2D eigenvalue weighted by atomic mass is 35.5. The molecular weight excluding hydrogens is 254 g/mol. The minimum atomic E-state index is -3.62. The summed E-state index contributed by atoms with van der Waals surface area (Å²) in [6, 6.07) is 5.63. The lowest BCUT2D eigenvalue weighted by Gasteiger charge is -2.07. The van der Waals surface area contributed by atoms with Gasteiger partial charge in [0.15, 0.2) is 11.5 Å². The molecule has 1 heterocycles. The van der Waals surface area contributed by atoms with Crippen molar-refractivity contribution in [3.8, 4) is 17.6 Å². The number of nitrogens with two attached hydrogens (primary N) is 1. The SMILES string of the molecule is Cl.N#CC[C@H](N)c1ccc2c(c1)OC(F)(F)O2. The van der Waals surface area contributed by atoms with Gasteiger partial charge in [0.2, 0.25) is 0 Å². The van der Waals surface area contributed by atoms with Crippen molar-refractivity contribution >= 4 is 12.4 Å². The lowest BCUT2D eigenvalue weighted by molar-refractivity contribution is -0.286. The minimum absolute atomic E-state index is 0. The van der Waals surface area contributed by atoms with Crippen LogP contribution in [0.3, 0.4) is 0 Å². The van der Waals surface area contributed by atoms with Crippen LogP contribution in [0.25, 0.3) is 0 Å². The molecule has 2 N–H and O–H groups in total. The smallest absolute Gasteiger partial charge is 0.395 e. The zero-order valence-electron chi connectivity index (χ0n) is 8.52. The molecule has 92 valence electrons. The molecule has 0 aromatic heterocycles. The Balaban J connectivity index is 0.00000144. The summed E-state index contributed by atoms with van der Waals surface area (Å²) in [5.41, 5.74) is 6.22. The van der Waals surface area contributed by atoms with E-state index < -0.39 is 12.3 Å². The normalized spacial score (nSPS) is 16.8. The highest BCUT2D eigenvalue weighted by Crippen LogP contribution is 2.41. The van der Waals surface area contributed by atoms with Gasteiger partial charge in [-0.3, -0.25) is 0 Å². The van der Waals surface area contributed by atoms with Crippen LogP contribution in [0, 0.1) is 11.3 Å². The molecule has 0 radical (unpaired) electrons. The zero-order chi connectivity index (χ0) is 11.8. The molecule has 1 aromatic carbocycles. The van der Waals surface area contributed by atoms with Crippen LogP contribution in [-0.4, -0.2) is 6.29 Å². The van der Waals surface area contributed by atoms with Gasteiger partial charge in [0.1, 0.15) is 0 Å². The number of nitrogens with zero attached hydrogens (tertiary/aromatic N) is 1. The van der Waals surface area contributed by atoms with Gasteiger partial charge in [-0.15, -0.1) is 21.2 Å². The molecule has 0 saturated carbocycles. The topological polar surface area (TPSA) is 68.3 Å². The Bertz CT molecular complexity index is 462. The third-order valence-electron chi connectivity index (χ3n) is 2.16. The van der Waals surface area contributed by atoms with Crippen molar-refractivity contribution in [2.24, 2.45) is 5.73 Å². The van der Waals surface area contributed by atoms with Crippen LogP contribution >= 0.6 is 12.4 Å². The predicted octanol–water partition coefficient (Wildman–Crippen LogP) is 2.34. The minimum Gasteiger partial charge on any atom is -0.395 e. The van der Waals surface area contributed by atoms with E-state index in [-0.39, 0.29) is 30.3 Å². The van der Waals surface area contributed by atoms with Crippen LogP contribution in [0.2, 0.25) is 0 Å². The van der Waals surface area contributed by atoms with Gasteiger partial charge in [-0.05, 0) is 17.7 Å². The van der Waals surface area contributed by atoms with E-state index in [9.17, 15) is 8.78 Å². The van der Waals surface area contributed by atoms with Gasteiger partial charge in [0, 0.05) is 6.04 Å². The van der Waals surface area contributed by atoms with Gasteiger partial charge in [-0.25, -0.2) is 0 Å². The van der Waals surface area contributed by atoms with E-state index in [0.29, 0.717) is 5.56 Å². The molecule has 1 aliphatic heterocycles. The summed E-state index contributed by atoms with van der Waals surface area (Å²) in [7, 11) is 0. The number of hydrogen-bond donors (Lipinski definition) is 1. The van der Waals surface area contributed by atoms with Gasteiger partial charge in [0.05, 0.1) is 12.5 Å². The number of alkyl halides is 2. The molecule has 1 aliphatic rings. The molecule has 1 aromatic rings. The van der Waals surface area contributed by atoms with Crippen molar-refractivity contribution in [3.63, 3.8) is 0 Å². The first kappa shape index (κ1) is 13.5. The van der Waals surface area contributed by atoms with E-state index in [4.69, 9.17) is 11.0 Å². The van der Waals surface area contributed by atoms with E-state index in [2.05, 4.69) is 9.47 Å². The molecular formula is C10H9ClF2N2O2. The Morgan fingerprint density at radius 2 is 2.00 bits per heavy atom. The monoisotopic (exact) mass is 262 g/mol. The second-order valence-corrected chi connectivity index (χ2v) is 3.34. The third-order valence-corrected chi connectivity index (χ3v) is 2.16. The largest absolute Gasteiger partial charge is 0.586 e. The van der Waals surface area contributed by atoms with Gasteiger partial charge in [-0.1, -0.05) is 6.07 Å². The second-order valence-electron chi connectivity index (χ2n) is 3.34. The summed E-state index contributed by atoms with van der Waals surface area (Å²) in [5.74, 6) is -0.0891. The molecule has 0 fully saturated rings. The number of benzene rings is 1. The maximum absolute atomic E-state index is 12.7. The highest BCUT2D eigenvalue weighted by Gasteiger charge is 2.43. The van der Waals surface area contributed by atoms with Crippen LogP contribution < -0.4 is 15.2 Å². The van der Waals surface area contributed by atoms with Crippen LogP contribution in [0.1, 0.15) is 18.0 Å². The Hall–Kier alpha value is -1.58. The fourth-order valence-corrected chi connectivity index (χ4v) is 1.41. The van der Waals surface area contributed by atoms with Crippen molar-refractivity contribution < 1.29 is 18.3 Å². The number of halogens is 3. The molecule has 17 heavy (non-hydrogen) atoms. The fraction of sp³-hybridized carbons (Fsp3) is 0.300. The summed E-state index contributed by atoms with van der Waals surface area (Å²) >= 11 is 0. The number of nitriles is 1. The maximum Gasteiger partial charge on any atom is 0.586 e. The Labute approximate surface area is 102 Å². The summed E-state index contributed by atoms with van der Waals surface area (Å²) in [6.45, 7) is 0. The molecule has 0 unspecified atom stereocenters. The van der Waals surface area contributed by atoms with Crippen molar-refractivity contribution in [1.29, 1.82) is 5.26 Å². The van der Waals surface area contributed by atoms with Gasteiger partial charge in [0.25, 0.3) is 0 Å². The third kappa shape index (κ3) is 2.75. The molecule has 1 atom stereocenters. The number of fused-ring (bicyclic) bond motifs is 1. The number of ether oxygens (including phenoxy) is 2. The molecule has 0 spiro atoms. The number of hydrogen-bond acceptors (Lipinski definition) is 4. The summed E-state index contributed by atoms with van der Waals surface area (Å²) in [4.78, 5) is 0. The lowest BCUT2D eigenvalue weighted by Crippen LogP contribution is -2.25. The lowest BCUT2D eigenvalue weighted by atomic mass is 10.1.